The molecule has 0 atom stereocenters. The van der Waals surface area contributed by atoms with Crippen molar-refractivity contribution < 1.29 is 9.53 Å². The molecule has 3 aromatic rings. The maximum Gasteiger partial charge on any atom is 0.260 e. The molecule has 0 fully saturated rings. The highest BCUT2D eigenvalue weighted by atomic mass is 32.1. The zero-order chi connectivity index (χ0) is 20.3. The van der Waals surface area contributed by atoms with Gasteiger partial charge in [-0.1, -0.05) is 32.9 Å². The first kappa shape index (κ1) is 20.1. The molecule has 0 aliphatic carbocycles. The fourth-order valence-electron chi connectivity index (χ4n) is 2.92. The second kappa shape index (κ2) is 8.15. The molecule has 1 amide bonds. The Morgan fingerprint density at radius 2 is 1.71 bits per heavy atom. The number of carbonyl (C=O) groups excluding carboxylic acids is 1. The number of ether oxygens (including phenoxy) is 1. The van der Waals surface area contributed by atoms with Crippen LogP contribution in [0.3, 0.4) is 0 Å². The molecule has 1 heterocycles. The van der Waals surface area contributed by atoms with Crippen LogP contribution in [0.1, 0.15) is 43.6 Å². The van der Waals surface area contributed by atoms with Crippen molar-refractivity contribution in [3.63, 3.8) is 0 Å². The van der Waals surface area contributed by atoms with E-state index in [0.29, 0.717) is 17.2 Å². The van der Waals surface area contributed by atoms with Crippen LogP contribution >= 0.6 is 11.3 Å². The van der Waals surface area contributed by atoms with E-state index in [-0.39, 0.29) is 11.3 Å². The number of aromatic nitrogens is 1. The van der Waals surface area contributed by atoms with E-state index >= 15 is 0 Å². The lowest BCUT2D eigenvalue weighted by molar-refractivity contribution is 0.0988. The van der Waals surface area contributed by atoms with E-state index in [1.54, 1.807) is 12.0 Å². The van der Waals surface area contributed by atoms with Crippen molar-refractivity contribution in [2.24, 2.45) is 0 Å². The zero-order valence-corrected chi connectivity index (χ0v) is 17.8. The molecule has 0 radical (unpaired) electrons. The van der Waals surface area contributed by atoms with Gasteiger partial charge in [0, 0.05) is 23.1 Å². The Hall–Kier alpha value is -2.66. The van der Waals surface area contributed by atoms with Crippen molar-refractivity contribution in [3.8, 4) is 17.0 Å². The monoisotopic (exact) mass is 394 g/mol. The van der Waals surface area contributed by atoms with Crippen LogP contribution in [0, 0.1) is 0 Å². The second-order valence-corrected chi connectivity index (χ2v) is 8.46. The highest BCUT2D eigenvalue weighted by Crippen LogP contribution is 2.30. The van der Waals surface area contributed by atoms with Crippen molar-refractivity contribution >= 4 is 22.4 Å². The lowest BCUT2D eigenvalue weighted by atomic mass is 9.86. The molecule has 0 spiro atoms. The SMILES string of the molecule is CCN(C(=O)c1ccc(C(C)(C)C)cc1)c1nc(-c2ccc(OC)cc2)cs1. The Morgan fingerprint density at radius 3 is 2.25 bits per heavy atom. The molecule has 0 aliphatic rings. The van der Waals surface area contributed by atoms with Crippen LogP contribution in [-0.2, 0) is 5.41 Å². The van der Waals surface area contributed by atoms with Gasteiger partial charge in [0.05, 0.1) is 12.8 Å². The largest absolute Gasteiger partial charge is 0.497 e. The Labute approximate surface area is 170 Å². The molecule has 3 rings (SSSR count). The molecule has 0 unspecified atom stereocenters. The van der Waals surface area contributed by atoms with E-state index in [1.807, 2.05) is 60.8 Å². The number of hydrogen-bond acceptors (Lipinski definition) is 4. The van der Waals surface area contributed by atoms with Gasteiger partial charge in [-0.2, -0.15) is 0 Å². The third-order valence-electron chi connectivity index (χ3n) is 4.67. The average molecular weight is 395 g/mol. The Morgan fingerprint density at radius 1 is 1.07 bits per heavy atom. The van der Waals surface area contributed by atoms with Crippen LogP contribution in [0.5, 0.6) is 5.75 Å². The molecule has 0 saturated heterocycles. The number of methoxy groups -OCH3 is 1. The van der Waals surface area contributed by atoms with Crippen LogP contribution in [-0.4, -0.2) is 24.5 Å². The number of thiazole rings is 1. The van der Waals surface area contributed by atoms with Gasteiger partial charge in [-0.15, -0.1) is 11.3 Å². The van der Waals surface area contributed by atoms with E-state index in [2.05, 4.69) is 20.8 Å². The van der Waals surface area contributed by atoms with E-state index < -0.39 is 0 Å². The minimum atomic E-state index is -0.0291. The normalized spacial score (nSPS) is 11.3. The number of rotatable bonds is 5. The molecular weight excluding hydrogens is 368 g/mol. The summed E-state index contributed by atoms with van der Waals surface area (Å²) in [7, 11) is 1.65. The fourth-order valence-corrected chi connectivity index (χ4v) is 3.81. The number of anilines is 1. The van der Waals surface area contributed by atoms with Gasteiger partial charge in [-0.3, -0.25) is 9.69 Å². The molecule has 0 bridgehead atoms. The highest BCUT2D eigenvalue weighted by molar-refractivity contribution is 7.14. The van der Waals surface area contributed by atoms with Crippen molar-refractivity contribution in [1.82, 2.24) is 4.98 Å². The summed E-state index contributed by atoms with van der Waals surface area (Å²) in [5, 5.41) is 2.69. The Kier molecular flexibility index (Phi) is 5.84. The predicted molar refractivity (Wildman–Crippen MR) is 117 cm³/mol. The van der Waals surface area contributed by atoms with Crippen molar-refractivity contribution in [3.05, 3.63) is 65.0 Å². The number of benzene rings is 2. The summed E-state index contributed by atoms with van der Waals surface area (Å²) in [6, 6.07) is 15.6. The number of amides is 1. The molecule has 2 aromatic carbocycles. The maximum atomic E-state index is 13.0. The van der Waals surface area contributed by atoms with Crippen LogP contribution in [0.2, 0.25) is 0 Å². The third-order valence-corrected chi connectivity index (χ3v) is 5.53. The maximum absolute atomic E-state index is 13.0. The summed E-state index contributed by atoms with van der Waals surface area (Å²) in [4.78, 5) is 19.5. The van der Waals surface area contributed by atoms with Crippen molar-refractivity contribution in [2.45, 2.75) is 33.1 Å². The third kappa shape index (κ3) is 4.25. The quantitative estimate of drug-likeness (QED) is 0.551. The summed E-state index contributed by atoms with van der Waals surface area (Å²) in [6.07, 6.45) is 0. The average Bonchev–Trinajstić information content (AvgIpc) is 3.18. The van der Waals surface area contributed by atoms with Gasteiger partial charge in [0.2, 0.25) is 0 Å². The fraction of sp³-hybridized carbons (Fsp3) is 0.304. The molecule has 28 heavy (non-hydrogen) atoms. The minimum Gasteiger partial charge on any atom is -0.497 e. The standard InChI is InChI=1S/C23H26N2O2S/c1-6-25(21(26)17-7-11-18(12-8-17)23(2,3)4)22-24-20(15-28-22)16-9-13-19(27-5)14-10-16/h7-15H,6H2,1-5H3. The number of hydrogen-bond donors (Lipinski definition) is 0. The van der Waals surface area contributed by atoms with Gasteiger partial charge in [0.1, 0.15) is 5.75 Å². The molecule has 1 aromatic heterocycles. The van der Waals surface area contributed by atoms with Crippen LogP contribution in [0.25, 0.3) is 11.3 Å². The first-order valence-electron chi connectivity index (χ1n) is 9.36. The van der Waals surface area contributed by atoms with Gasteiger partial charge in [-0.05, 0) is 54.3 Å². The zero-order valence-electron chi connectivity index (χ0n) is 17.0. The van der Waals surface area contributed by atoms with Crippen LogP contribution in [0.15, 0.2) is 53.9 Å². The van der Waals surface area contributed by atoms with Crippen molar-refractivity contribution in [1.29, 1.82) is 0 Å². The first-order valence-corrected chi connectivity index (χ1v) is 10.2. The van der Waals surface area contributed by atoms with Crippen molar-refractivity contribution in [2.75, 3.05) is 18.6 Å². The van der Waals surface area contributed by atoms with Crippen LogP contribution in [0.4, 0.5) is 5.13 Å². The summed E-state index contributed by atoms with van der Waals surface area (Å²) in [5.41, 5.74) is 3.81. The van der Waals surface area contributed by atoms with Crippen LogP contribution < -0.4 is 9.64 Å². The van der Waals surface area contributed by atoms with Gasteiger partial charge < -0.3 is 4.74 Å². The van der Waals surface area contributed by atoms with Gasteiger partial charge >= 0.3 is 0 Å². The van der Waals surface area contributed by atoms with E-state index in [4.69, 9.17) is 9.72 Å². The van der Waals surface area contributed by atoms with Gasteiger partial charge in [-0.25, -0.2) is 4.98 Å². The van der Waals surface area contributed by atoms with E-state index in [0.717, 1.165) is 17.0 Å². The Balaban J connectivity index is 1.83. The van der Waals surface area contributed by atoms with E-state index in [1.165, 1.54) is 16.9 Å². The van der Waals surface area contributed by atoms with E-state index in [9.17, 15) is 4.79 Å². The number of nitrogens with zero attached hydrogens (tertiary/aromatic N) is 2. The summed E-state index contributed by atoms with van der Waals surface area (Å²) >= 11 is 1.48. The minimum absolute atomic E-state index is 0.0291. The van der Waals surface area contributed by atoms with Gasteiger partial charge in [0.15, 0.2) is 5.13 Å². The number of carbonyl (C=O) groups is 1. The summed E-state index contributed by atoms with van der Waals surface area (Å²) in [5.74, 6) is 0.779. The van der Waals surface area contributed by atoms with Gasteiger partial charge in [0.25, 0.3) is 5.91 Å². The predicted octanol–water partition coefficient (Wildman–Crippen LogP) is 5.78. The lowest BCUT2D eigenvalue weighted by Crippen LogP contribution is -2.30. The second-order valence-electron chi connectivity index (χ2n) is 7.62. The summed E-state index contributed by atoms with van der Waals surface area (Å²) in [6.45, 7) is 9.03. The molecule has 4 nitrogen and oxygen atoms in total. The highest BCUT2D eigenvalue weighted by Gasteiger charge is 2.21. The summed E-state index contributed by atoms with van der Waals surface area (Å²) < 4.78 is 5.20. The molecule has 0 N–H and O–H groups in total. The Bertz CT molecular complexity index is 938. The first-order chi connectivity index (χ1) is 13.3. The molecular formula is C23H26N2O2S. The smallest absolute Gasteiger partial charge is 0.260 e. The molecule has 146 valence electrons. The molecule has 5 heteroatoms. The topological polar surface area (TPSA) is 42.4 Å². The molecule has 0 aliphatic heterocycles. The lowest BCUT2D eigenvalue weighted by Gasteiger charge is -2.21. The molecule has 0 saturated carbocycles.